The third-order valence-corrected chi connectivity index (χ3v) is 2.29. The Morgan fingerprint density at radius 3 is 3.00 bits per heavy atom. The van der Waals surface area contributed by atoms with Gasteiger partial charge in [0.15, 0.2) is 11.3 Å². The lowest BCUT2D eigenvalue weighted by atomic mass is 10.3. The van der Waals surface area contributed by atoms with Crippen molar-refractivity contribution >= 4 is 11.6 Å². The average Bonchev–Trinajstić information content (AvgIpc) is 2.68. The maximum Gasteiger partial charge on any atom is 0.274 e. The van der Waals surface area contributed by atoms with Crippen LogP contribution in [0, 0.1) is 26.2 Å². The minimum Gasteiger partial charge on any atom is -0.340 e. The molecule has 2 rings (SSSR count). The predicted octanol–water partition coefficient (Wildman–Crippen LogP) is 0.104. The number of rotatable bonds is 2. The highest BCUT2D eigenvalue weighted by atomic mass is 16.1. The summed E-state index contributed by atoms with van der Waals surface area (Å²) in [7, 11) is 0. The lowest BCUT2D eigenvalue weighted by Crippen LogP contribution is -2.26. The fourth-order valence-corrected chi connectivity index (χ4v) is 1.50. The van der Waals surface area contributed by atoms with Gasteiger partial charge in [-0.2, -0.15) is 5.10 Å². The summed E-state index contributed by atoms with van der Waals surface area (Å²) in [6.07, 6.45) is 5.07. The van der Waals surface area contributed by atoms with E-state index in [1.165, 1.54) is 0 Å². The molecule has 0 aliphatic heterocycles. The van der Waals surface area contributed by atoms with Crippen LogP contribution < -0.4 is 5.32 Å². The summed E-state index contributed by atoms with van der Waals surface area (Å²) in [6, 6.07) is 1.79. The van der Waals surface area contributed by atoms with Crippen molar-refractivity contribution in [3.05, 3.63) is 23.1 Å². The third-order valence-electron chi connectivity index (χ3n) is 2.29. The third kappa shape index (κ3) is 1.95. The second kappa shape index (κ2) is 4.22. The molecule has 1 amide bonds. The zero-order valence-corrected chi connectivity index (χ0v) is 9.56. The highest BCUT2D eigenvalue weighted by Crippen LogP contribution is 2.08. The number of nitrogens with one attached hydrogen (secondary N) is 1. The van der Waals surface area contributed by atoms with E-state index >= 15 is 0 Å². The molecule has 1 N–H and O–H groups in total. The Kier molecular flexibility index (Phi) is 2.75. The van der Waals surface area contributed by atoms with Crippen molar-refractivity contribution in [1.82, 2.24) is 25.1 Å². The number of hydrogen-bond acceptors (Lipinski definition) is 4. The van der Waals surface area contributed by atoms with Crippen molar-refractivity contribution in [2.75, 3.05) is 6.54 Å². The molecular weight excluding hydrogens is 218 g/mol. The number of aromatic nitrogens is 4. The van der Waals surface area contributed by atoms with E-state index in [9.17, 15) is 4.79 Å². The molecule has 0 unspecified atom stereocenters. The quantitative estimate of drug-likeness (QED) is 0.741. The summed E-state index contributed by atoms with van der Waals surface area (Å²) in [5.74, 6) is 1.98. The van der Waals surface area contributed by atoms with Crippen molar-refractivity contribution in [2.24, 2.45) is 0 Å². The molecular formula is C11H11N5O. The van der Waals surface area contributed by atoms with Crippen molar-refractivity contribution in [2.45, 2.75) is 13.8 Å². The molecule has 0 aromatic carbocycles. The summed E-state index contributed by atoms with van der Waals surface area (Å²) >= 11 is 0. The van der Waals surface area contributed by atoms with E-state index in [-0.39, 0.29) is 18.1 Å². The highest BCUT2D eigenvalue weighted by molar-refractivity contribution is 5.93. The van der Waals surface area contributed by atoms with Crippen molar-refractivity contribution in [3.8, 4) is 12.3 Å². The van der Waals surface area contributed by atoms with Gasteiger partial charge < -0.3 is 5.32 Å². The Bertz CT molecular complexity index is 623. The number of amides is 1. The molecule has 2 aromatic heterocycles. The normalized spacial score (nSPS) is 10.2. The van der Waals surface area contributed by atoms with E-state index < -0.39 is 0 Å². The first-order valence-electron chi connectivity index (χ1n) is 5.05. The van der Waals surface area contributed by atoms with Crippen LogP contribution in [0.15, 0.2) is 6.07 Å². The molecule has 6 nitrogen and oxygen atoms in total. The van der Waals surface area contributed by atoms with Crippen molar-refractivity contribution in [3.63, 3.8) is 0 Å². The van der Waals surface area contributed by atoms with Crippen LogP contribution in [0.5, 0.6) is 0 Å². The van der Waals surface area contributed by atoms with E-state index in [1.807, 2.05) is 6.92 Å². The monoisotopic (exact) mass is 229 g/mol. The van der Waals surface area contributed by atoms with Gasteiger partial charge >= 0.3 is 0 Å². The highest BCUT2D eigenvalue weighted by Gasteiger charge is 2.14. The van der Waals surface area contributed by atoms with Crippen LogP contribution >= 0.6 is 0 Å². The number of hydrogen-bond donors (Lipinski definition) is 1. The Balaban J connectivity index is 2.45. The molecule has 2 aromatic rings. The van der Waals surface area contributed by atoms with Crippen molar-refractivity contribution < 1.29 is 4.79 Å². The van der Waals surface area contributed by atoms with Crippen LogP contribution in [0.25, 0.3) is 5.65 Å². The number of fused-ring (bicyclic) bond motifs is 1. The Labute approximate surface area is 98.0 Å². The van der Waals surface area contributed by atoms with Crippen LogP contribution in [-0.4, -0.2) is 32.3 Å². The minimum atomic E-state index is -0.344. The zero-order valence-electron chi connectivity index (χ0n) is 9.56. The standard InChI is InChI=1S/C11H11N5O/c1-4-5-12-11(17)10-8(3)16-9(13-14-10)6-7(2)15-16/h1,6H,5H2,2-3H3,(H,12,17). The maximum atomic E-state index is 11.7. The van der Waals surface area contributed by atoms with E-state index in [1.54, 1.807) is 17.5 Å². The van der Waals surface area contributed by atoms with E-state index in [0.29, 0.717) is 11.3 Å². The second-order valence-electron chi connectivity index (χ2n) is 3.58. The maximum absolute atomic E-state index is 11.7. The van der Waals surface area contributed by atoms with Crippen LogP contribution in [0.4, 0.5) is 0 Å². The number of carbonyl (C=O) groups excluding carboxylic acids is 1. The molecule has 86 valence electrons. The summed E-state index contributed by atoms with van der Waals surface area (Å²) in [5.41, 5.74) is 2.31. The number of nitrogens with zero attached hydrogens (tertiary/aromatic N) is 4. The SMILES string of the molecule is C#CCNC(=O)c1nnc2cc(C)nn2c1C. The van der Waals surface area contributed by atoms with Crippen LogP contribution in [-0.2, 0) is 0 Å². The molecule has 0 saturated carbocycles. The van der Waals surface area contributed by atoms with Gasteiger partial charge in [0.05, 0.1) is 17.9 Å². The van der Waals surface area contributed by atoms with Gasteiger partial charge in [0.25, 0.3) is 5.91 Å². The fourth-order valence-electron chi connectivity index (χ4n) is 1.50. The summed E-state index contributed by atoms with van der Waals surface area (Å²) in [6.45, 7) is 3.78. The van der Waals surface area contributed by atoms with Gasteiger partial charge in [-0.25, -0.2) is 4.52 Å². The molecule has 0 aliphatic rings. The molecule has 0 atom stereocenters. The van der Waals surface area contributed by atoms with E-state index in [2.05, 4.69) is 26.5 Å². The molecule has 6 heteroatoms. The first-order valence-corrected chi connectivity index (χ1v) is 5.05. The van der Waals surface area contributed by atoms with Crippen molar-refractivity contribution in [1.29, 1.82) is 0 Å². The minimum absolute atomic E-state index is 0.163. The van der Waals surface area contributed by atoms with Gasteiger partial charge in [-0.05, 0) is 13.8 Å². The lowest BCUT2D eigenvalue weighted by Gasteiger charge is -2.04. The molecule has 0 aliphatic carbocycles. The van der Waals surface area contributed by atoms with Gasteiger partial charge in [-0.1, -0.05) is 5.92 Å². The summed E-state index contributed by atoms with van der Waals surface area (Å²) in [4.78, 5) is 11.7. The Hall–Kier alpha value is -2.42. The van der Waals surface area contributed by atoms with Crippen LogP contribution in [0.3, 0.4) is 0 Å². The summed E-state index contributed by atoms with van der Waals surface area (Å²) < 4.78 is 1.59. The molecule has 2 heterocycles. The molecule has 0 radical (unpaired) electrons. The van der Waals surface area contributed by atoms with Gasteiger partial charge in [0.2, 0.25) is 0 Å². The molecule has 0 fully saturated rings. The number of terminal acetylenes is 1. The predicted molar refractivity (Wildman–Crippen MR) is 61.4 cm³/mol. The van der Waals surface area contributed by atoms with E-state index in [4.69, 9.17) is 6.42 Å². The van der Waals surface area contributed by atoms with Gasteiger partial charge in [0, 0.05) is 6.07 Å². The largest absolute Gasteiger partial charge is 0.340 e. The Morgan fingerprint density at radius 1 is 1.53 bits per heavy atom. The average molecular weight is 229 g/mol. The first-order chi connectivity index (χ1) is 8.13. The fraction of sp³-hybridized carbons (Fsp3) is 0.273. The van der Waals surface area contributed by atoms with E-state index in [0.717, 1.165) is 5.69 Å². The molecule has 0 bridgehead atoms. The number of aryl methyl sites for hydroxylation is 2. The molecule has 0 spiro atoms. The zero-order chi connectivity index (χ0) is 12.4. The lowest BCUT2D eigenvalue weighted by molar-refractivity contribution is 0.0951. The van der Waals surface area contributed by atoms with Gasteiger partial charge in [-0.15, -0.1) is 16.6 Å². The van der Waals surface area contributed by atoms with Gasteiger partial charge in [0.1, 0.15) is 0 Å². The smallest absolute Gasteiger partial charge is 0.274 e. The summed E-state index contributed by atoms with van der Waals surface area (Å²) in [5, 5.41) is 14.6. The van der Waals surface area contributed by atoms with Gasteiger partial charge in [-0.3, -0.25) is 4.79 Å². The number of carbonyl (C=O) groups is 1. The van der Waals surface area contributed by atoms with Crippen LogP contribution in [0.1, 0.15) is 21.9 Å². The van der Waals surface area contributed by atoms with Crippen LogP contribution in [0.2, 0.25) is 0 Å². The first kappa shape index (κ1) is 11.1. The molecule has 0 saturated heterocycles. The topological polar surface area (TPSA) is 72.2 Å². The second-order valence-corrected chi connectivity index (χ2v) is 3.58. The Morgan fingerprint density at radius 2 is 2.29 bits per heavy atom. The molecule has 17 heavy (non-hydrogen) atoms.